The van der Waals surface area contributed by atoms with Gasteiger partial charge in [-0.05, 0) is 49.4 Å². The molecule has 0 radical (unpaired) electrons. The molecule has 2 aromatic heterocycles. The van der Waals surface area contributed by atoms with Gasteiger partial charge in [-0.3, -0.25) is 14.9 Å². The predicted octanol–water partition coefficient (Wildman–Crippen LogP) is 4.12. The summed E-state index contributed by atoms with van der Waals surface area (Å²) >= 11 is 2.23. The Morgan fingerprint density at radius 2 is 1.91 bits per heavy atom. The van der Waals surface area contributed by atoms with Crippen LogP contribution in [0.4, 0.5) is 13.9 Å². The zero-order valence-corrected chi connectivity index (χ0v) is 20.9. The van der Waals surface area contributed by atoms with Gasteiger partial charge in [0.2, 0.25) is 0 Å². The predicted molar refractivity (Wildman–Crippen MR) is 127 cm³/mol. The van der Waals surface area contributed by atoms with E-state index in [1.54, 1.807) is 22.9 Å². The van der Waals surface area contributed by atoms with E-state index in [0.717, 1.165) is 34.8 Å². The van der Waals surface area contributed by atoms with Gasteiger partial charge in [0.05, 0.1) is 11.6 Å². The topological polar surface area (TPSA) is 106 Å². The first-order valence-electron chi connectivity index (χ1n) is 10.6. The maximum Gasteiger partial charge on any atom is 0.309 e. The Hall–Kier alpha value is -2.74. The average molecular weight is 542 g/mol. The zero-order chi connectivity index (χ0) is 25.2. The van der Waals surface area contributed by atoms with E-state index in [4.69, 9.17) is 4.74 Å². The number of nitrogens with zero attached hydrogens (tertiary/aromatic N) is 2. The third-order valence-corrected chi connectivity index (χ3v) is 9.52. The number of thiophene rings is 1. The van der Waals surface area contributed by atoms with Crippen molar-refractivity contribution < 1.29 is 31.5 Å². The number of aromatic nitrogens is 1. The fourth-order valence-corrected chi connectivity index (χ4v) is 6.86. The van der Waals surface area contributed by atoms with Crippen LogP contribution in [0.15, 0.2) is 45.3 Å². The van der Waals surface area contributed by atoms with Crippen LogP contribution >= 0.6 is 22.7 Å². The number of carbonyl (C=O) groups is 2. The molecule has 1 aliphatic rings. The minimum Gasteiger partial charge on any atom is -0.452 e. The van der Waals surface area contributed by atoms with Gasteiger partial charge in [-0.15, -0.1) is 22.7 Å². The minimum atomic E-state index is -3.57. The summed E-state index contributed by atoms with van der Waals surface area (Å²) in [5, 5.41) is 6.03. The third kappa shape index (κ3) is 5.74. The van der Waals surface area contributed by atoms with Gasteiger partial charge in [0.25, 0.3) is 15.9 Å². The van der Waals surface area contributed by atoms with Crippen LogP contribution in [0.25, 0.3) is 11.3 Å². The lowest BCUT2D eigenvalue weighted by atomic mass is 9.98. The van der Waals surface area contributed by atoms with Crippen molar-refractivity contribution in [3.63, 3.8) is 0 Å². The average Bonchev–Trinajstić information content (AvgIpc) is 3.54. The van der Waals surface area contributed by atoms with Crippen molar-refractivity contribution in [3.8, 4) is 11.3 Å². The molecule has 1 saturated heterocycles. The Kier molecular flexibility index (Phi) is 7.59. The number of thiazole rings is 1. The zero-order valence-electron chi connectivity index (χ0n) is 18.4. The lowest BCUT2D eigenvalue weighted by Gasteiger charge is -2.30. The first-order valence-corrected chi connectivity index (χ1v) is 13.8. The van der Waals surface area contributed by atoms with E-state index < -0.39 is 45.6 Å². The van der Waals surface area contributed by atoms with Gasteiger partial charge in [0.15, 0.2) is 22.9 Å². The largest absolute Gasteiger partial charge is 0.452 e. The highest BCUT2D eigenvalue weighted by atomic mass is 32.2. The van der Waals surface area contributed by atoms with Crippen LogP contribution in [0, 0.1) is 17.6 Å². The molecular formula is C22H21F2N3O5S3. The molecule has 3 aromatic rings. The summed E-state index contributed by atoms with van der Waals surface area (Å²) in [6.45, 7) is 1.80. The first-order chi connectivity index (χ1) is 16.6. The molecule has 1 amide bonds. The van der Waals surface area contributed by atoms with Crippen LogP contribution in [-0.4, -0.2) is 48.8 Å². The number of sulfonamides is 1. The monoisotopic (exact) mass is 541 g/mol. The molecule has 3 heterocycles. The van der Waals surface area contributed by atoms with Gasteiger partial charge in [-0.2, -0.15) is 4.31 Å². The van der Waals surface area contributed by atoms with E-state index in [0.29, 0.717) is 24.1 Å². The molecule has 1 aliphatic heterocycles. The molecule has 0 bridgehead atoms. The molecule has 0 unspecified atom stereocenters. The summed E-state index contributed by atoms with van der Waals surface area (Å²) in [6, 6.07) is 6.59. The summed E-state index contributed by atoms with van der Waals surface area (Å²) in [5.74, 6) is -3.65. The Bertz CT molecular complexity index is 1320. The highest BCUT2D eigenvalue weighted by Gasteiger charge is 2.34. The van der Waals surface area contributed by atoms with Gasteiger partial charge < -0.3 is 4.74 Å². The van der Waals surface area contributed by atoms with Crippen molar-refractivity contribution in [2.24, 2.45) is 5.92 Å². The summed E-state index contributed by atoms with van der Waals surface area (Å²) < 4.78 is 58.7. The van der Waals surface area contributed by atoms with Gasteiger partial charge in [0.1, 0.15) is 4.21 Å². The number of amides is 1. The van der Waals surface area contributed by atoms with Crippen LogP contribution in [0.5, 0.6) is 0 Å². The molecule has 186 valence electrons. The second-order valence-electron chi connectivity index (χ2n) is 7.85. The van der Waals surface area contributed by atoms with Crippen LogP contribution in [0.1, 0.15) is 19.8 Å². The smallest absolute Gasteiger partial charge is 0.309 e. The molecule has 1 aromatic carbocycles. The maximum absolute atomic E-state index is 13.5. The van der Waals surface area contributed by atoms with E-state index in [2.05, 4.69) is 10.3 Å². The molecule has 4 rings (SSSR count). The second kappa shape index (κ2) is 10.5. The molecule has 35 heavy (non-hydrogen) atoms. The molecule has 0 aliphatic carbocycles. The quantitative estimate of drug-likeness (QED) is 0.451. The van der Waals surface area contributed by atoms with Gasteiger partial charge in [-0.25, -0.2) is 22.2 Å². The number of hydrogen-bond acceptors (Lipinski definition) is 8. The van der Waals surface area contributed by atoms with E-state index in [-0.39, 0.29) is 22.4 Å². The highest BCUT2D eigenvalue weighted by Crippen LogP contribution is 2.28. The number of nitrogens with one attached hydrogen (secondary N) is 1. The Morgan fingerprint density at radius 1 is 1.17 bits per heavy atom. The van der Waals surface area contributed by atoms with Crippen LogP contribution in [0.3, 0.4) is 0 Å². The molecule has 1 fully saturated rings. The Labute approximate surface area is 208 Å². The fraction of sp³-hybridized carbons (Fsp3) is 0.318. The SMILES string of the molecule is C[C@H](OC(=O)C1CCN(S(=O)(=O)c2cccs2)CC1)C(=O)Nc1nc(-c2ccc(F)c(F)c2)cs1. The van der Waals surface area contributed by atoms with Crippen LogP contribution < -0.4 is 5.32 Å². The van der Waals surface area contributed by atoms with E-state index >= 15 is 0 Å². The van der Waals surface area contributed by atoms with E-state index in [1.807, 2.05) is 0 Å². The number of benzene rings is 1. The van der Waals surface area contributed by atoms with Crippen molar-refractivity contribution in [3.05, 3.63) is 52.7 Å². The van der Waals surface area contributed by atoms with Crippen molar-refractivity contribution >= 4 is 49.7 Å². The molecule has 1 atom stereocenters. The summed E-state index contributed by atoms with van der Waals surface area (Å²) in [6.07, 6.45) is -0.519. The van der Waals surface area contributed by atoms with Gasteiger partial charge >= 0.3 is 5.97 Å². The summed E-state index contributed by atoms with van der Waals surface area (Å²) in [4.78, 5) is 29.2. The van der Waals surface area contributed by atoms with E-state index in [1.165, 1.54) is 17.3 Å². The van der Waals surface area contributed by atoms with Crippen molar-refractivity contribution in [1.82, 2.24) is 9.29 Å². The van der Waals surface area contributed by atoms with Crippen molar-refractivity contribution in [1.29, 1.82) is 0 Å². The Balaban J connectivity index is 1.29. The minimum absolute atomic E-state index is 0.187. The number of ether oxygens (including phenoxy) is 1. The number of anilines is 1. The third-order valence-electron chi connectivity index (χ3n) is 5.49. The van der Waals surface area contributed by atoms with Crippen molar-refractivity contribution in [2.75, 3.05) is 18.4 Å². The molecule has 8 nitrogen and oxygen atoms in total. The number of hydrogen-bond donors (Lipinski definition) is 1. The van der Waals surface area contributed by atoms with E-state index in [9.17, 15) is 26.8 Å². The molecular weight excluding hydrogens is 520 g/mol. The number of piperidine rings is 1. The van der Waals surface area contributed by atoms with Crippen LogP contribution in [0.2, 0.25) is 0 Å². The number of halogens is 2. The first kappa shape index (κ1) is 25.4. The molecule has 0 spiro atoms. The van der Waals surface area contributed by atoms with Gasteiger partial charge in [-0.1, -0.05) is 6.07 Å². The van der Waals surface area contributed by atoms with Crippen LogP contribution in [-0.2, 0) is 24.3 Å². The normalized spacial score (nSPS) is 16.1. The Morgan fingerprint density at radius 3 is 2.57 bits per heavy atom. The molecule has 13 heteroatoms. The highest BCUT2D eigenvalue weighted by molar-refractivity contribution is 7.91. The maximum atomic E-state index is 13.5. The molecule has 1 N–H and O–H groups in total. The standard InChI is InChI=1S/C22H21F2N3O5S3/c1-13(20(28)26-22-25-18(12-34-22)15-4-5-16(23)17(24)11-15)32-21(29)14-6-8-27(9-7-14)35(30,31)19-3-2-10-33-19/h2-5,10-14H,6-9H2,1H3,(H,25,26,28)/t13-/m0/s1. The fourth-order valence-electron chi connectivity index (χ4n) is 3.52. The number of esters is 1. The summed E-state index contributed by atoms with van der Waals surface area (Å²) in [7, 11) is -3.57. The van der Waals surface area contributed by atoms with Crippen molar-refractivity contribution in [2.45, 2.75) is 30.1 Å². The second-order valence-corrected chi connectivity index (χ2v) is 11.8. The number of carbonyl (C=O) groups excluding carboxylic acids is 2. The lowest BCUT2D eigenvalue weighted by molar-refractivity contribution is -0.158. The lowest BCUT2D eigenvalue weighted by Crippen LogP contribution is -2.41. The molecule has 0 saturated carbocycles. The summed E-state index contributed by atoms with van der Waals surface area (Å²) in [5.41, 5.74) is 0.714. The number of rotatable bonds is 7. The van der Waals surface area contributed by atoms with Gasteiger partial charge in [0, 0.05) is 24.0 Å².